The second kappa shape index (κ2) is 32.2. The third kappa shape index (κ3) is 19.0. The van der Waals surface area contributed by atoms with Crippen molar-refractivity contribution >= 4 is 64.2 Å². The van der Waals surface area contributed by atoms with Gasteiger partial charge in [-0.2, -0.15) is 26.3 Å². The number of rotatable bonds is 29. The average molecular weight is 1360 g/mol. The van der Waals surface area contributed by atoms with Crippen molar-refractivity contribution in [3.8, 4) is 33.9 Å². The summed E-state index contributed by atoms with van der Waals surface area (Å²) >= 11 is 0. The number of hydrogen-bond donors (Lipinski definition) is 7. The van der Waals surface area contributed by atoms with Gasteiger partial charge in [0.1, 0.15) is 34.9 Å². The van der Waals surface area contributed by atoms with E-state index in [1.807, 2.05) is 0 Å². The number of hydrogen-bond acceptors (Lipinski definition) is 14. The molecular formula is C68H76F6N10O13. The Kier molecular flexibility index (Phi) is 24.2. The molecular weight excluding hydrogens is 1280 g/mol. The Morgan fingerprint density at radius 2 is 1.26 bits per heavy atom. The molecule has 4 aromatic carbocycles. The Morgan fingerprint density at radius 1 is 0.691 bits per heavy atom. The van der Waals surface area contributed by atoms with Crippen molar-refractivity contribution in [2.75, 3.05) is 52.9 Å². The number of nitrogens with one attached hydrogen (secondary N) is 4. The minimum absolute atomic E-state index is 0.0293. The molecule has 2 saturated heterocycles. The van der Waals surface area contributed by atoms with Crippen LogP contribution in [0.2, 0.25) is 0 Å². The van der Waals surface area contributed by atoms with Gasteiger partial charge in [-0.25, -0.2) is 4.79 Å². The number of amides is 8. The van der Waals surface area contributed by atoms with Crippen molar-refractivity contribution in [1.82, 2.24) is 40.9 Å². The summed E-state index contributed by atoms with van der Waals surface area (Å²) in [6.45, 7) is 1.69. The number of likely N-dealkylation sites (tertiary alicyclic amines) is 2. The molecule has 9 N–H and O–H groups in total. The molecule has 1 unspecified atom stereocenters. The Bertz CT molecular complexity index is 3890. The molecule has 8 rings (SSSR count). The summed E-state index contributed by atoms with van der Waals surface area (Å²) < 4.78 is 96.2. The minimum Gasteiger partial charge on any atom is -0.478 e. The van der Waals surface area contributed by atoms with E-state index in [2.05, 4.69) is 21.3 Å². The number of benzene rings is 5. The Labute approximate surface area is 553 Å². The molecule has 2 fully saturated rings. The number of primary amides is 1. The molecule has 3 aliphatic heterocycles. The van der Waals surface area contributed by atoms with E-state index >= 15 is 0 Å². The van der Waals surface area contributed by atoms with E-state index in [4.69, 9.17) is 20.6 Å². The third-order valence-electron chi connectivity index (χ3n) is 17.1. The van der Waals surface area contributed by atoms with Crippen molar-refractivity contribution in [2.24, 2.45) is 11.5 Å². The monoisotopic (exact) mass is 1350 g/mol. The highest BCUT2D eigenvalue weighted by molar-refractivity contribution is 6.09. The third-order valence-corrected chi connectivity index (χ3v) is 17.1. The maximum Gasteiger partial charge on any atom is 0.471 e. The fourth-order valence-electron chi connectivity index (χ4n) is 11.9. The van der Waals surface area contributed by atoms with Gasteiger partial charge in [-0.05, 0) is 144 Å². The zero-order chi connectivity index (χ0) is 70.5. The van der Waals surface area contributed by atoms with E-state index in [1.165, 1.54) is 71.3 Å². The van der Waals surface area contributed by atoms with E-state index in [-0.39, 0.29) is 111 Å². The highest BCUT2D eigenvalue weighted by Gasteiger charge is 2.46. The van der Waals surface area contributed by atoms with Gasteiger partial charge in [0.2, 0.25) is 29.5 Å². The molecule has 4 aliphatic rings. The largest absolute Gasteiger partial charge is 0.478 e. The molecule has 97 heavy (non-hydrogen) atoms. The number of nitrogens with zero attached hydrogens (tertiary/aromatic N) is 4. The molecule has 1 aliphatic carbocycles. The van der Waals surface area contributed by atoms with Crippen LogP contribution in [-0.2, 0) is 46.4 Å². The lowest BCUT2D eigenvalue weighted by molar-refractivity contribution is -0.186. The lowest BCUT2D eigenvalue weighted by Gasteiger charge is -2.33. The predicted octanol–water partition coefficient (Wildman–Crippen LogP) is 6.30. The number of ether oxygens (including phenoxy) is 1. The molecule has 4 aromatic rings. The van der Waals surface area contributed by atoms with E-state index < -0.39 is 127 Å². The zero-order valence-electron chi connectivity index (χ0n) is 53.4. The maximum atomic E-state index is 14.3. The highest BCUT2D eigenvalue weighted by Crippen LogP contribution is 2.43. The number of carboxylic acids is 1. The summed E-state index contributed by atoms with van der Waals surface area (Å²) in [6, 6.07) is 21.7. The molecule has 0 saturated carbocycles. The number of unbranched alkanes of at least 4 members (excludes halogenated alkanes) is 1. The highest BCUT2D eigenvalue weighted by atomic mass is 19.4. The lowest BCUT2D eigenvalue weighted by atomic mass is 9.90. The van der Waals surface area contributed by atoms with Crippen molar-refractivity contribution in [2.45, 2.75) is 127 Å². The molecule has 518 valence electrons. The van der Waals surface area contributed by atoms with Gasteiger partial charge < -0.3 is 66.6 Å². The minimum atomic E-state index is -5.26. The summed E-state index contributed by atoms with van der Waals surface area (Å²) in [5, 5.41) is 21.8. The van der Waals surface area contributed by atoms with E-state index in [0.717, 1.165) is 10.5 Å². The number of carbonyl (C=O) groups excluding carboxylic acids is 8. The second-order valence-electron chi connectivity index (χ2n) is 24.1. The van der Waals surface area contributed by atoms with Crippen LogP contribution in [-0.4, -0.2) is 179 Å². The molecule has 29 heteroatoms. The number of carbonyl (C=O) groups is 9. The van der Waals surface area contributed by atoms with Crippen molar-refractivity contribution in [3.63, 3.8) is 0 Å². The predicted molar refractivity (Wildman–Crippen MR) is 343 cm³/mol. The van der Waals surface area contributed by atoms with Crippen LogP contribution in [0.1, 0.15) is 97.1 Å². The zero-order valence-corrected chi connectivity index (χ0v) is 53.4. The lowest BCUT2D eigenvalue weighted by Crippen LogP contribution is -2.56. The Hall–Kier alpha value is -9.90. The molecule has 3 heterocycles. The molecule has 23 nitrogen and oxygen atoms in total. The fourth-order valence-corrected chi connectivity index (χ4v) is 11.9. The van der Waals surface area contributed by atoms with Crippen LogP contribution in [0.4, 0.5) is 26.3 Å². The fraction of sp³-hybridized carbons (Fsp3) is 0.412. The van der Waals surface area contributed by atoms with Gasteiger partial charge in [0.05, 0.1) is 24.1 Å². The quantitative estimate of drug-likeness (QED) is 0.0154. The first-order valence-electron chi connectivity index (χ1n) is 31.6. The molecule has 0 aromatic heterocycles. The first kappa shape index (κ1) is 72.9. The normalized spacial score (nSPS) is 16.1. The van der Waals surface area contributed by atoms with Crippen molar-refractivity contribution < 1.29 is 83.8 Å². The van der Waals surface area contributed by atoms with Gasteiger partial charge >= 0.3 is 30.1 Å². The van der Waals surface area contributed by atoms with Gasteiger partial charge in [0.15, 0.2) is 5.43 Å². The summed E-state index contributed by atoms with van der Waals surface area (Å²) in [5.74, 6) is -9.12. The van der Waals surface area contributed by atoms with Crippen LogP contribution in [0.3, 0.4) is 0 Å². The van der Waals surface area contributed by atoms with Crippen LogP contribution in [0, 0.1) is 0 Å². The number of fused-ring (bicyclic) bond motifs is 2. The van der Waals surface area contributed by atoms with Crippen LogP contribution >= 0.6 is 0 Å². The number of nitrogens with two attached hydrogens (primary N) is 2. The van der Waals surface area contributed by atoms with Crippen molar-refractivity contribution in [3.05, 3.63) is 142 Å². The van der Waals surface area contributed by atoms with E-state index in [0.29, 0.717) is 46.2 Å². The molecule has 0 radical (unpaired) electrons. The molecule has 8 amide bonds. The van der Waals surface area contributed by atoms with Gasteiger partial charge in [-0.15, -0.1) is 0 Å². The molecule has 6 atom stereocenters. The summed E-state index contributed by atoms with van der Waals surface area (Å²) in [4.78, 5) is 134. The standard InChI is InChI=1S/C68H76F6N10O13/c1-39(75)59(87)80-54(36-57(76)86)63(91)84-30-10-14-45(84)38-82(66(95)68(72,73)74)32-27-42-16-20-47(21-17-42)96-48-22-25-51-56(35-48)97-55-34-46(85)19-24-50(55)58(51)49-23-18-43(33-52(49)64(92)93)61(89)78-28-8-7-15-53(79-60(88)40(2)77-3)62(90)83-29-9-13-44(83)37-81(65(94)67(69,70)71)31-26-41-11-5-4-6-12-41/h4-6,11-12,16-25,33-35,39-40,44-45,53-54,77H,7-10,13-15,26-32,36-38,75H2,1-3H3,(H2,76,86)(H,78,89)(H,79,88)(H,80,87)(H,92,93)/t39-,40-,44-,45-,53-,54?/m0/s1. The maximum absolute atomic E-state index is 14.3. The SMILES string of the molecule is CN[C@@H](C)C(=O)N[C@@H](CCCCNC(=O)c1ccc(-c2c3ccc(=O)cc-3oc3cc(Oc4ccc(CCN(C[C@@H]5CCCN5C(=O)C(CC(N)=O)NC(=O)[C@H](C)N)C(=O)C(F)(F)F)cc4)ccc23)c(C(=O)O)c1)C(=O)N1CCC[C@H]1CN(CCc1ccccc1)C(=O)C(F)(F)F. The van der Waals surface area contributed by atoms with Crippen LogP contribution in [0.5, 0.6) is 11.5 Å². The number of aromatic carboxylic acids is 1. The van der Waals surface area contributed by atoms with Gasteiger partial charge in [0.25, 0.3) is 5.91 Å². The first-order valence-corrected chi connectivity index (χ1v) is 31.6. The number of halogens is 6. The first-order chi connectivity index (χ1) is 46.0. The molecule has 0 bridgehead atoms. The van der Waals surface area contributed by atoms with Crippen molar-refractivity contribution in [1.29, 1.82) is 0 Å². The summed E-state index contributed by atoms with van der Waals surface area (Å²) in [5.41, 5.74) is 12.4. The van der Waals surface area contributed by atoms with Gasteiger partial charge in [-0.1, -0.05) is 48.5 Å². The Morgan fingerprint density at radius 3 is 1.82 bits per heavy atom. The average Bonchev–Trinajstić information content (AvgIpc) is 1.28. The van der Waals surface area contributed by atoms with Gasteiger partial charge in [-0.3, -0.25) is 43.2 Å². The van der Waals surface area contributed by atoms with E-state index in [1.54, 1.807) is 68.6 Å². The number of alkyl halides is 6. The van der Waals surface area contributed by atoms with Gasteiger partial charge in [0, 0.05) is 92.1 Å². The van der Waals surface area contributed by atoms with Crippen LogP contribution in [0.15, 0.2) is 118 Å². The topological polar surface area (TPSA) is 326 Å². The number of likely N-dealkylation sites (N-methyl/N-ethyl adjacent to an activating group) is 1. The Balaban J connectivity index is 0.928. The summed E-state index contributed by atoms with van der Waals surface area (Å²) in [7, 11) is 1.55. The molecule has 0 spiro atoms. The van der Waals surface area contributed by atoms with Crippen LogP contribution in [0.25, 0.3) is 33.4 Å². The summed E-state index contributed by atoms with van der Waals surface area (Å²) in [6.07, 6.45) is -8.95. The van der Waals surface area contributed by atoms with Crippen LogP contribution < -0.4 is 42.9 Å². The second-order valence-corrected chi connectivity index (χ2v) is 24.1. The number of carboxylic acid groups (broad SMARTS) is 1. The van der Waals surface area contributed by atoms with E-state index in [9.17, 15) is 79.4 Å². The smallest absolute Gasteiger partial charge is 0.471 e.